The SMILES string of the molecule is O=C(O)C1=NN(c2ccc(S(=O)(=O)O)cc2)C(=O)/C1=N/Nc1ccc2c(c1)C(=O)/C(=N\N=C1/C=CC(NNc3ccc4cc(S(=O)(=O)O)cc(S(=O)(=O)O)c4c3)=CC1=O)C(S(=O)(=O)O)=C2. The number of ketones is 2. The zero-order valence-corrected chi connectivity index (χ0v) is 35.0. The van der Waals surface area contributed by atoms with Gasteiger partial charge in [-0.2, -0.15) is 48.9 Å². The van der Waals surface area contributed by atoms with Crippen molar-refractivity contribution in [2.75, 3.05) is 15.9 Å². The summed E-state index contributed by atoms with van der Waals surface area (Å²) in [6, 6.07) is 13.0. The van der Waals surface area contributed by atoms with Crippen molar-refractivity contribution in [3.05, 3.63) is 113 Å². The molecule has 0 saturated heterocycles. The number of anilines is 3. The highest BCUT2D eigenvalue weighted by Gasteiger charge is 2.38. The Kier molecular flexibility index (Phi) is 11.5. The summed E-state index contributed by atoms with van der Waals surface area (Å²) in [4.78, 5) is 48.7. The first-order valence-corrected chi connectivity index (χ1v) is 23.2. The highest BCUT2D eigenvalue weighted by atomic mass is 32.2. The van der Waals surface area contributed by atoms with E-state index in [1.807, 2.05) is 0 Å². The molecule has 1 heterocycles. The topological polar surface area (TPSA) is 395 Å². The van der Waals surface area contributed by atoms with E-state index >= 15 is 0 Å². The Morgan fingerprint density at radius 3 is 1.95 bits per heavy atom. The van der Waals surface area contributed by atoms with Gasteiger partial charge in [-0.25, -0.2) is 4.79 Å². The van der Waals surface area contributed by atoms with Gasteiger partial charge in [0.05, 0.1) is 32.6 Å². The van der Waals surface area contributed by atoms with Crippen LogP contribution in [-0.4, -0.2) is 103 Å². The molecular weight excluding hydrogens is 945 g/mol. The second-order valence-corrected chi connectivity index (χ2v) is 18.9. The summed E-state index contributed by atoms with van der Waals surface area (Å²) in [5.41, 5.74) is 4.54. The number of allylic oxidation sites excluding steroid dienone is 4. The molecule has 25 nitrogen and oxygen atoms in total. The summed E-state index contributed by atoms with van der Waals surface area (Å²) in [6.07, 6.45) is 4.26. The second-order valence-electron chi connectivity index (χ2n) is 13.3. The smallest absolute Gasteiger partial charge is 0.358 e. The minimum atomic E-state index is -5.15. The number of carbonyl (C=O) groups excluding carboxylic acids is 3. The predicted molar refractivity (Wildman–Crippen MR) is 228 cm³/mol. The minimum absolute atomic E-state index is 0.0110. The first-order valence-electron chi connectivity index (χ1n) is 17.4. The molecule has 4 aromatic carbocycles. The molecular formula is C36H24N8O17S4. The average molecular weight is 969 g/mol. The fourth-order valence-corrected chi connectivity index (χ4v) is 8.52. The van der Waals surface area contributed by atoms with E-state index in [9.17, 15) is 76.2 Å². The van der Waals surface area contributed by atoms with Crippen LogP contribution in [0.3, 0.4) is 0 Å². The highest BCUT2D eigenvalue weighted by Crippen LogP contribution is 2.31. The maximum atomic E-state index is 13.7. The van der Waals surface area contributed by atoms with Crippen LogP contribution in [-0.2, 0) is 54.9 Å². The van der Waals surface area contributed by atoms with Crippen LogP contribution in [0, 0.1) is 0 Å². The van der Waals surface area contributed by atoms with E-state index in [0.29, 0.717) is 11.1 Å². The van der Waals surface area contributed by atoms with Crippen LogP contribution in [0.25, 0.3) is 16.8 Å². The van der Waals surface area contributed by atoms with Crippen LogP contribution in [0.15, 0.2) is 137 Å². The zero-order valence-electron chi connectivity index (χ0n) is 31.7. The molecule has 0 saturated carbocycles. The second kappa shape index (κ2) is 16.5. The van der Waals surface area contributed by atoms with Crippen LogP contribution >= 0.6 is 0 Å². The van der Waals surface area contributed by atoms with Gasteiger partial charge in [0.15, 0.2) is 11.4 Å². The number of nitrogens with zero attached hydrogens (tertiary/aromatic N) is 5. The van der Waals surface area contributed by atoms with Gasteiger partial charge in [0, 0.05) is 17.0 Å². The summed E-state index contributed by atoms with van der Waals surface area (Å²) >= 11 is 0. The standard InChI is InChI=1S/C36H24N8O17S4/c45-28-15-21(38-37-19-3-1-17-11-24(63(53,54)55)16-29(25(17)13-19)64(56,57)58)5-10-27(28)40-41-31-30(65(59,60)61)12-18-2-4-20(14-26(18)34(31)46)39-42-32-33(36(48)49)43-44(35(32)47)22-6-8-23(9-7-22)62(50,51)52/h1-16,37-39H,(H,48,49)(H,50,51,52)(H,53,54,55)(H,56,57,58)(H,59,60,61)/b40-27+,41-31-,42-32+. The number of hydrazone groups is 2. The van der Waals surface area contributed by atoms with Crippen molar-refractivity contribution in [3.8, 4) is 0 Å². The first-order chi connectivity index (χ1) is 30.3. The first kappa shape index (κ1) is 45.4. The number of carboxylic acids is 1. The Labute approximate surface area is 364 Å². The van der Waals surface area contributed by atoms with Gasteiger partial charge in [0.2, 0.25) is 17.3 Å². The van der Waals surface area contributed by atoms with E-state index in [1.54, 1.807) is 0 Å². The maximum Gasteiger partial charge on any atom is 0.358 e. The van der Waals surface area contributed by atoms with E-state index in [-0.39, 0.29) is 44.7 Å². The van der Waals surface area contributed by atoms with Crippen LogP contribution in [0.4, 0.5) is 17.1 Å². The van der Waals surface area contributed by atoms with E-state index < -0.39 is 106 Å². The molecule has 0 radical (unpaired) electrons. The Morgan fingerprint density at radius 1 is 0.662 bits per heavy atom. The maximum absolute atomic E-state index is 13.7. The number of hydrogen-bond acceptors (Lipinski definition) is 19. The number of amides is 1. The summed E-state index contributed by atoms with van der Waals surface area (Å²) in [7, 11) is -19.6. The number of carboxylic acid groups (broad SMARTS) is 1. The molecule has 29 heteroatoms. The molecule has 4 aromatic rings. The molecule has 0 spiro atoms. The number of nitrogens with one attached hydrogen (secondary N) is 3. The normalized spacial score (nSPS) is 17.6. The van der Waals surface area contributed by atoms with Crippen LogP contribution in [0.1, 0.15) is 15.9 Å². The van der Waals surface area contributed by atoms with Gasteiger partial charge in [-0.05, 0) is 89.8 Å². The molecule has 0 atom stereocenters. The largest absolute Gasteiger partial charge is 0.476 e. The summed E-state index contributed by atoms with van der Waals surface area (Å²) in [5, 5.41) is 25.1. The molecule has 7 rings (SSSR count). The number of Topliss-reactive ketones (excluding diaryl/α,β-unsaturated/α-hetero) is 1. The Morgan fingerprint density at radius 2 is 1.34 bits per heavy atom. The third-order valence-electron chi connectivity index (χ3n) is 9.04. The molecule has 1 aliphatic heterocycles. The highest BCUT2D eigenvalue weighted by molar-refractivity contribution is 7.91. The number of carbonyl (C=O) groups is 4. The molecule has 0 bridgehead atoms. The molecule has 8 N–H and O–H groups in total. The lowest BCUT2D eigenvalue weighted by molar-refractivity contribution is -0.129. The van der Waals surface area contributed by atoms with Crippen LogP contribution in [0.5, 0.6) is 0 Å². The van der Waals surface area contributed by atoms with Gasteiger partial charge in [-0.1, -0.05) is 12.1 Å². The van der Waals surface area contributed by atoms with Gasteiger partial charge in [-0.3, -0.25) is 38.0 Å². The summed E-state index contributed by atoms with van der Waals surface area (Å²) < 4.78 is 133. The fraction of sp³-hybridized carbons (Fsp3) is 0. The van der Waals surface area contributed by atoms with Gasteiger partial charge in [0.1, 0.15) is 15.5 Å². The predicted octanol–water partition coefficient (Wildman–Crippen LogP) is 1.70. The van der Waals surface area contributed by atoms with Gasteiger partial charge in [-0.15, -0.1) is 10.2 Å². The quantitative estimate of drug-likeness (QED) is 0.0569. The lowest BCUT2D eigenvalue weighted by atomic mass is 9.94. The van der Waals surface area contributed by atoms with Crippen molar-refractivity contribution in [2.45, 2.75) is 14.7 Å². The minimum Gasteiger partial charge on any atom is -0.476 e. The lowest BCUT2D eigenvalue weighted by Crippen LogP contribution is -2.31. The van der Waals surface area contributed by atoms with E-state index in [1.165, 1.54) is 36.4 Å². The number of fused-ring (bicyclic) bond motifs is 2. The van der Waals surface area contributed by atoms with Crippen molar-refractivity contribution in [1.29, 1.82) is 0 Å². The van der Waals surface area contributed by atoms with Crippen molar-refractivity contribution in [3.63, 3.8) is 0 Å². The van der Waals surface area contributed by atoms with Crippen LogP contribution < -0.4 is 21.3 Å². The Hall–Kier alpha value is -7.64. The molecule has 2 aliphatic carbocycles. The number of hydrogen-bond donors (Lipinski definition) is 8. The van der Waals surface area contributed by atoms with Gasteiger partial charge in [0.25, 0.3) is 40.5 Å². The van der Waals surface area contributed by atoms with Crippen molar-refractivity contribution < 1.29 is 76.2 Å². The third kappa shape index (κ3) is 9.51. The average Bonchev–Trinajstić information content (AvgIpc) is 3.56. The molecule has 3 aliphatic rings. The molecule has 65 heavy (non-hydrogen) atoms. The number of aliphatic carboxylic acids is 1. The van der Waals surface area contributed by atoms with E-state index in [0.717, 1.165) is 54.6 Å². The van der Waals surface area contributed by atoms with Crippen molar-refractivity contribution >= 4 is 121 Å². The van der Waals surface area contributed by atoms with E-state index in [4.69, 9.17) is 0 Å². The van der Waals surface area contributed by atoms with Gasteiger partial charge < -0.3 is 16.0 Å². The zero-order chi connectivity index (χ0) is 47.4. The fourth-order valence-electron chi connectivity index (χ4n) is 6.04. The van der Waals surface area contributed by atoms with E-state index in [2.05, 4.69) is 36.7 Å². The molecule has 334 valence electrons. The monoisotopic (exact) mass is 968 g/mol. The number of benzene rings is 4. The lowest BCUT2D eigenvalue weighted by Gasteiger charge is -2.16. The van der Waals surface area contributed by atoms with Crippen molar-refractivity contribution in [2.24, 2.45) is 20.4 Å². The number of hydrazine groups is 1. The molecule has 0 unspecified atom stereocenters. The Bertz CT molecular complexity index is 3540. The van der Waals surface area contributed by atoms with Gasteiger partial charge >= 0.3 is 11.9 Å². The molecule has 0 fully saturated rings. The molecule has 1 amide bonds. The third-order valence-corrected chi connectivity index (χ3v) is 12.5. The summed E-state index contributed by atoms with van der Waals surface area (Å²) in [5.74, 6) is -4.73. The molecule has 0 aromatic heterocycles. The number of rotatable bonds is 12. The Balaban J connectivity index is 1.10. The summed E-state index contributed by atoms with van der Waals surface area (Å²) in [6.45, 7) is 0. The van der Waals surface area contributed by atoms with Crippen LogP contribution in [0.2, 0.25) is 0 Å². The van der Waals surface area contributed by atoms with Crippen molar-refractivity contribution in [1.82, 2.24) is 5.43 Å².